The Balaban J connectivity index is 2.15. The molecule has 0 bridgehead atoms. The lowest BCUT2D eigenvalue weighted by Crippen LogP contribution is -2.44. The van der Waals surface area contributed by atoms with Crippen LogP contribution in [0.3, 0.4) is 0 Å². The first kappa shape index (κ1) is 12.7. The van der Waals surface area contributed by atoms with Gasteiger partial charge in [0.15, 0.2) is 5.84 Å². The zero-order valence-corrected chi connectivity index (χ0v) is 10.6. The Hall–Kier alpha value is -1.70. The minimum absolute atomic E-state index is 0.0349. The third-order valence-electron chi connectivity index (χ3n) is 3.06. The van der Waals surface area contributed by atoms with Crippen molar-refractivity contribution in [3.05, 3.63) is 11.1 Å². The summed E-state index contributed by atoms with van der Waals surface area (Å²) in [5, 5.41) is 15.2. The van der Waals surface area contributed by atoms with Crippen molar-refractivity contribution in [3.8, 4) is 0 Å². The second kappa shape index (κ2) is 5.76. The van der Waals surface area contributed by atoms with Crippen molar-refractivity contribution in [3.63, 3.8) is 0 Å². The summed E-state index contributed by atoms with van der Waals surface area (Å²) < 4.78 is 3.68. The number of carbonyl (C=O) groups excluding carboxylic acids is 1. The Labute approximate surface area is 108 Å². The van der Waals surface area contributed by atoms with Gasteiger partial charge in [0.1, 0.15) is 4.88 Å². The van der Waals surface area contributed by atoms with E-state index in [1.165, 1.54) is 6.20 Å². The van der Waals surface area contributed by atoms with Crippen molar-refractivity contribution in [2.45, 2.75) is 31.7 Å². The van der Waals surface area contributed by atoms with E-state index in [1.54, 1.807) is 4.90 Å². The maximum absolute atomic E-state index is 12.3. The molecule has 1 aliphatic rings. The highest BCUT2D eigenvalue weighted by atomic mass is 32.1. The van der Waals surface area contributed by atoms with Crippen LogP contribution in [-0.2, 0) is 0 Å². The SMILES string of the molecule is NC(CN(C(=O)c1cnns1)C1CCCC1)=NO. The molecule has 0 radical (unpaired) electrons. The van der Waals surface area contributed by atoms with Crippen LogP contribution < -0.4 is 5.73 Å². The number of nitrogens with zero attached hydrogens (tertiary/aromatic N) is 4. The molecule has 0 aromatic carbocycles. The largest absolute Gasteiger partial charge is 0.409 e. The number of amidine groups is 1. The Kier molecular flexibility index (Phi) is 4.08. The average Bonchev–Trinajstić information content (AvgIpc) is 3.06. The number of amides is 1. The first-order valence-electron chi connectivity index (χ1n) is 5.77. The Morgan fingerprint density at radius 3 is 2.89 bits per heavy atom. The molecule has 0 saturated heterocycles. The molecule has 0 unspecified atom stereocenters. The van der Waals surface area contributed by atoms with Crippen molar-refractivity contribution in [2.24, 2.45) is 10.9 Å². The molecule has 1 aromatic heterocycles. The van der Waals surface area contributed by atoms with Crippen LogP contribution in [0.15, 0.2) is 11.4 Å². The first-order chi connectivity index (χ1) is 8.72. The quantitative estimate of drug-likeness (QED) is 0.362. The zero-order valence-electron chi connectivity index (χ0n) is 9.82. The molecule has 8 heteroatoms. The van der Waals surface area contributed by atoms with E-state index in [1.807, 2.05) is 0 Å². The number of nitrogens with two attached hydrogens (primary N) is 1. The van der Waals surface area contributed by atoms with Crippen LogP contribution in [0.2, 0.25) is 0 Å². The predicted octanol–water partition coefficient (Wildman–Crippen LogP) is 0.669. The third-order valence-corrected chi connectivity index (χ3v) is 3.71. The van der Waals surface area contributed by atoms with Crippen LogP contribution >= 0.6 is 11.5 Å². The molecule has 1 fully saturated rings. The lowest BCUT2D eigenvalue weighted by atomic mass is 10.2. The normalized spacial score (nSPS) is 17.0. The molecular weight excluding hydrogens is 254 g/mol. The Bertz CT molecular complexity index is 427. The fourth-order valence-corrected chi connectivity index (χ4v) is 2.66. The lowest BCUT2D eigenvalue weighted by Gasteiger charge is -2.27. The smallest absolute Gasteiger partial charge is 0.267 e. The third kappa shape index (κ3) is 2.76. The summed E-state index contributed by atoms with van der Waals surface area (Å²) in [5.41, 5.74) is 5.51. The first-order valence-corrected chi connectivity index (χ1v) is 6.54. The summed E-state index contributed by atoms with van der Waals surface area (Å²) in [6.45, 7) is 0.137. The number of carbonyl (C=O) groups is 1. The molecule has 3 N–H and O–H groups in total. The van der Waals surface area contributed by atoms with Gasteiger partial charge in [-0.25, -0.2) is 0 Å². The molecule has 2 rings (SSSR count). The van der Waals surface area contributed by atoms with E-state index in [0.29, 0.717) is 4.88 Å². The molecular formula is C10H15N5O2S. The fraction of sp³-hybridized carbons (Fsp3) is 0.600. The number of hydrogen-bond donors (Lipinski definition) is 2. The van der Waals surface area contributed by atoms with E-state index in [-0.39, 0.29) is 24.3 Å². The van der Waals surface area contributed by atoms with Gasteiger partial charge >= 0.3 is 0 Å². The van der Waals surface area contributed by atoms with Gasteiger partial charge in [0.25, 0.3) is 5.91 Å². The van der Waals surface area contributed by atoms with Gasteiger partial charge in [-0.15, -0.1) is 5.10 Å². The number of aromatic nitrogens is 2. The highest BCUT2D eigenvalue weighted by Gasteiger charge is 2.29. The van der Waals surface area contributed by atoms with Gasteiger partial charge in [0, 0.05) is 6.04 Å². The topological polar surface area (TPSA) is 105 Å². The van der Waals surface area contributed by atoms with Crippen LogP contribution in [-0.4, -0.2) is 44.0 Å². The van der Waals surface area contributed by atoms with Gasteiger partial charge in [-0.05, 0) is 24.4 Å². The second-order valence-electron chi connectivity index (χ2n) is 4.24. The summed E-state index contributed by atoms with van der Waals surface area (Å²) in [6, 6.07) is 0.153. The number of rotatable bonds is 4. The van der Waals surface area contributed by atoms with Gasteiger partial charge < -0.3 is 15.8 Å². The molecule has 0 aliphatic heterocycles. The number of hydrogen-bond acceptors (Lipinski definition) is 6. The Morgan fingerprint density at radius 2 is 2.33 bits per heavy atom. The Morgan fingerprint density at radius 1 is 1.61 bits per heavy atom. The molecule has 1 amide bonds. The highest BCUT2D eigenvalue weighted by Crippen LogP contribution is 2.25. The van der Waals surface area contributed by atoms with Gasteiger partial charge in [0.05, 0.1) is 12.7 Å². The van der Waals surface area contributed by atoms with E-state index in [9.17, 15) is 4.79 Å². The molecule has 1 saturated carbocycles. The number of oxime groups is 1. The van der Waals surface area contributed by atoms with Gasteiger partial charge in [-0.1, -0.05) is 22.5 Å². The monoisotopic (exact) mass is 269 g/mol. The molecule has 1 heterocycles. The predicted molar refractivity (Wildman–Crippen MR) is 66.6 cm³/mol. The van der Waals surface area contributed by atoms with Crippen LogP contribution in [0.4, 0.5) is 0 Å². The zero-order chi connectivity index (χ0) is 13.0. The summed E-state index contributed by atoms with van der Waals surface area (Å²) in [4.78, 5) is 14.4. The molecule has 98 valence electrons. The van der Waals surface area contributed by atoms with Crippen molar-refractivity contribution in [2.75, 3.05) is 6.54 Å². The fourth-order valence-electron chi connectivity index (χ4n) is 2.19. The molecule has 1 aromatic rings. The van der Waals surface area contributed by atoms with E-state index >= 15 is 0 Å². The van der Waals surface area contributed by atoms with E-state index in [0.717, 1.165) is 37.2 Å². The van der Waals surface area contributed by atoms with E-state index in [2.05, 4.69) is 14.7 Å². The van der Waals surface area contributed by atoms with Crippen LogP contribution in [0.1, 0.15) is 35.4 Å². The minimum Gasteiger partial charge on any atom is -0.409 e. The van der Waals surface area contributed by atoms with Crippen molar-refractivity contribution in [1.82, 2.24) is 14.5 Å². The summed E-state index contributed by atoms with van der Waals surface area (Å²) in [5.74, 6) is -0.115. The van der Waals surface area contributed by atoms with Crippen molar-refractivity contribution < 1.29 is 10.0 Å². The van der Waals surface area contributed by atoms with Crippen LogP contribution in [0.5, 0.6) is 0 Å². The highest BCUT2D eigenvalue weighted by molar-refractivity contribution is 7.07. The molecule has 18 heavy (non-hydrogen) atoms. The van der Waals surface area contributed by atoms with E-state index in [4.69, 9.17) is 10.9 Å². The van der Waals surface area contributed by atoms with Gasteiger partial charge in [0.2, 0.25) is 0 Å². The standard InChI is InChI=1S/C10H15N5O2S/c11-9(13-17)6-15(7-3-1-2-4-7)10(16)8-5-12-14-18-8/h5,7,17H,1-4,6H2,(H2,11,13). The summed E-state index contributed by atoms with van der Waals surface area (Å²) in [7, 11) is 0. The molecule has 7 nitrogen and oxygen atoms in total. The second-order valence-corrected chi connectivity index (χ2v) is 5.03. The lowest BCUT2D eigenvalue weighted by molar-refractivity contribution is 0.0717. The van der Waals surface area contributed by atoms with Crippen molar-refractivity contribution >= 4 is 23.3 Å². The van der Waals surface area contributed by atoms with Gasteiger partial charge in [-0.3, -0.25) is 4.79 Å². The summed E-state index contributed by atoms with van der Waals surface area (Å²) in [6.07, 6.45) is 5.56. The maximum atomic E-state index is 12.3. The maximum Gasteiger partial charge on any atom is 0.267 e. The minimum atomic E-state index is -0.150. The average molecular weight is 269 g/mol. The van der Waals surface area contributed by atoms with E-state index < -0.39 is 0 Å². The van der Waals surface area contributed by atoms with Crippen LogP contribution in [0, 0.1) is 0 Å². The van der Waals surface area contributed by atoms with Gasteiger partial charge in [-0.2, -0.15) is 0 Å². The molecule has 1 aliphatic carbocycles. The van der Waals surface area contributed by atoms with Crippen molar-refractivity contribution in [1.29, 1.82) is 0 Å². The van der Waals surface area contributed by atoms with Crippen LogP contribution in [0.25, 0.3) is 0 Å². The summed E-state index contributed by atoms with van der Waals surface area (Å²) >= 11 is 1.06. The molecule has 0 atom stereocenters. The molecule has 0 spiro atoms.